The van der Waals surface area contributed by atoms with Gasteiger partial charge in [0.2, 0.25) is 0 Å². The van der Waals surface area contributed by atoms with E-state index >= 15 is 0 Å². The topological polar surface area (TPSA) is 86.4 Å². The van der Waals surface area contributed by atoms with Crippen LogP contribution >= 0.6 is 0 Å². The molecule has 0 bridgehead atoms. The number of carbonyl (C=O) groups excluding carboxylic acids is 1. The molecule has 0 aliphatic heterocycles. The van der Waals surface area contributed by atoms with Gasteiger partial charge in [-0.3, -0.25) is 4.79 Å². The molecule has 2 aliphatic rings. The van der Waals surface area contributed by atoms with E-state index in [0.717, 1.165) is 72.4 Å². The Balaban J connectivity index is 1.20. The molecule has 2 aliphatic carbocycles. The van der Waals surface area contributed by atoms with Crippen molar-refractivity contribution in [1.29, 1.82) is 0 Å². The van der Waals surface area contributed by atoms with Crippen LogP contribution in [0.15, 0.2) is 42.5 Å². The quantitative estimate of drug-likeness (QED) is 0.367. The Hall–Kier alpha value is -2.83. The summed E-state index contributed by atoms with van der Waals surface area (Å²) in [7, 11) is 0. The summed E-state index contributed by atoms with van der Waals surface area (Å²) in [6.45, 7) is 5.49. The molecule has 0 spiro atoms. The smallest absolute Gasteiger partial charge is 0.255 e. The van der Waals surface area contributed by atoms with Gasteiger partial charge in [0.05, 0.1) is 17.7 Å². The molecule has 1 amide bonds. The van der Waals surface area contributed by atoms with E-state index in [-0.39, 0.29) is 5.91 Å². The minimum absolute atomic E-state index is 0.127. The van der Waals surface area contributed by atoms with Crippen LogP contribution in [-0.4, -0.2) is 34.2 Å². The van der Waals surface area contributed by atoms with E-state index in [1.807, 2.05) is 50.2 Å². The number of anilines is 1. The number of H-pyrrole nitrogens is 1. The van der Waals surface area contributed by atoms with Gasteiger partial charge < -0.3 is 25.5 Å². The van der Waals surface area contributed by atoms with Crippen molar-refractivity contribution in [2.75, 3.05) is 11.9 Å². The first kappa shape index (κ1) is 22.9. The zero-order chi connectivity index (χ0) is 23.7. The predicted octanol–water partition coefficient (Wildman–Crippen LogP) is 5.30. The number of benzene rings is 2. The summed E-state index contributed by atoms with van der Waals surface area (Å²) >= 11 is 0. The predicted molar refractivity (Wildman–Crippen MR) is 135 cm³/mol. The van der Waals surface area contributed by atoms with E-state index in [9.17, 15) is 9.90 Å². The number of rotatable bonds is 8. The fraction of sp³-hybridized carbons (Fsp3) is 0.464. The maximum absolute atomic E-state index is 12.8. The number of amides is 1. The monoisotopic (exact) mass is 461 g/mol. The lowest BCUT2D eigenvalue weighted by atomic mass is 9.84. The van der Waals surface area contributed by atoms with Gasteiger partial charge >= 0.3 is 0 Å². The molecule has 180 valence electrons. The highest BCUT2D eigenvalue weighted by atomic mass is 16.5. The SMILES string of the molecule is Cc1c(NC(=O)c2ccc(OCC3CC3)cc2)ccc2cc(CNC3CCC(C)(O)CC3)[nH]c12. The Kier molecular flexibility index (Phi) is 6.36. The molecule has 5 rings (SSSR count). The normalized spacial score (nSPS) is 22.6. The third kappa shape index (κ3) is 5.45. The summed E-state index contributed by atoms with van der Waals surface area (Å²) in [6, 6.07) is 14.0. The average molecular weight is 462 g/mol. The van der Waals surface area contributed by atoms with Crippen molar-refractivity contribution in [2.24, 2.45) is 5.92 Å². The Bertz CT molecular complexity index is 1150. The number of nitrogens with one attached hydrogen (secondary N) is 3. The van der Waals surface area contributed by atoms with Gasteiger partial charge in [-0.1, -0.05) is 6.07 Å². The minimum Gasteiger partial charge on any atom is -0.493 e. The maximum atomic E-state index is 12.8. The lowest BCUT2D eigenvalue weighted by Gasteiger charge is -2.33. The molecule has 6 heteroatoms. The lowest BCUT2D eigenvalue weighted by Crippen LogP contribution is -2.39. The van der Waals surface area contributed by atoms with Crippen LogP contribution in [0.3, 0.4) is 0 Å². The van der Waals surface area contributed by atoms with Gasteiger partial charge in [-0.05, 0) is 100 Å². The van der Waals surface area contributed by atoms with Gasteiger partial charge in [0.1, 0.15) is 5.75 Å². The molecule has 0 radical (unpaired) electrons. The Morgan fingerprint density at radius 1 is 1.12 bits per heavy atom. The van der Waals surface area contributed by atoms with E-state index in [2.05, 4.69) is 21.7 Å². The number of aromatic amines is 1. The summed E-state index contributed by atoms with van der Waals surface area (Å²) < 4.78 is 5.77. The number of hydrogen-bond acceptors (Lipinski definition) is 4. The van der Waals surface area contributed by atoms with Crippen molar-refractivity contribution in [1.82, 2.24) is 10.3 Å². The molecule has 3 aromatic rings. The van der Waals surface area contributed by atoms with Crippen molar-refractivity contribution >= 4 is 22.5 Å². The summed E-state index contributed by atoms with van der Waals surface area (Å²) in [6.07, 6.45) is 6.19. The maximum Gasteiger partial charge on any atom is 0.255 e. The standard InChI is InChI=1S/C28H35N3O3/c1-18-25(31-27(32)20-5-8-24(9-6-20)34-17-19-3-4-19)10-7-21-15-23(30-26(18)21)16-29-22-11-13-28(2,33)14-12-22/h5-10,15,19,22,29-30,33H,3-4,11-14,16-17H2,1-2H3,(H,31,32). The second kappa shape index (κ2) is 9.43. The largest absolute Gasteiger partial charge is 0.493 e. The first-order valence-corrected chi connectivity index (χ1v) is 12.5. The highest BCUT2D eigenvalue weighted by molar-refractivity contribution is 6.06. The molecule has 2 fully saturated rings. The number of aromatic nitrogens is 1. The van der Waals surface area contributed by atoms with Crippen LogP contribution < -0.4 is 15.4 Å². The van der Waals surface area contributed by atoms with Crippen LogP contribution in [0.4, 0.5) is 5.69 Å². The molecule has 1 aromatic heterocycles. The van der Waals surface area contributed by atoms with Crippen LogP contribution in [0.25, 0.3) is 10.9 Å². The molecule has 4 N–H and O–H groups in total. The minimum atomic E-state index is -0.511. The van der Waals surface area contributed by atoms with Gasteiger partial charge in [0.25, 0.3) is 5.91 Å². The Morgan fingerprint density at radius 2 is 1.85 bits per heavy atom. The van der Waals surface area contributed by atoms with Gasteiger partial charge in [-0.2, -0.15) is 0 Å². The van der Waals surface area contributed by atoms with E-state index in [1.54, 1.807) is 0 Å². The molecule has 0 atom stereocenters. The van der Waals surface area contributed by atoms with Crippen LogP contribution in [0.5, 0.6) is 5.75 Å². The first-order valence-electron chi connectivity index (χ1n) is 12.5. The molecule has 0 saturated heterocycles. The highest BCUT2D eigenvalue weighted by Gasteiger charge is 2.28. The number of carbonyl (C=O) groups is 1. The molecular weight excluding hydrogens is 426 g/mol. The highest BCUT2D eigenvalue weighted by Crippen LogP contribution is 2.30. The lowest BCUT2D eigenvalue weighted by molar-refractivity contribution is 0.0140. The van der Waals surface area contributed by atoms with Gasteiger partial charge in [0.15, 0.2) is 0 Å². The van der Waals surface area contributed by atoms with Crippen LogP contribution in [0, 0.1) is 12.8 Å². The van der Waals surface area contributed by atoms with E-state index < -0.39 is 5.60 Å². The van der Waals surface area contributed by atoms with Gasteiger partial charge in [-0.15, -0.1) is 0 Å². The number of ether oxygens (including phenoxy) is 1. The fourth-order valence-corrected chi connectivity index (χ4v) is 4.73. The average Bonchev–Trinajstić information content (AvgIpc) is 3.56. The van der Waals surface area contributed by atoms with E-state index in [0.29, 0.717) is 17.5 Å². The zero-order valence-electron chi connectivity index (χ0n) is 20.1. The molecule has 6 nitrogen and oxygen atoms in total. The van der Waals surface area contributed by atoms with Crippen molar-refractivity contribution in [3.8, 4) is 5.75 Å². The van der Waals surface area contributed by atoms with Crippen molar-refractivity contribution in [2.45, 2.75) is 70.6 Å². The Morgan fingerprint density at radius 3 is 2.56 bits per heavy atom. The summed E-state index contributed by atoms with van der Waals surface area (Å²) in [4.78, 5) is 16.4. The zero-order valence-corrected chi connectivity index (χ0v) is 20.1. The van der Waals surface area contributed by atoms with E-state index in [4.69, 9.17) is 4.74 Å². The number of hydrogen-bond donors (Lipinski definition) is 4. The number of aryl methyl sites for hydroxylation is 1. The van der Waals surface area contributed by atoms with Crippen LogP contribution in [0.2, 0.25) is 0 Å². The molecule has 2 aromatic carbocycles. The van der Waals surface area contributed by atoms with Crippen molar-refractivity contribution < 1.29 is 14.6 Å². The molecule has 34 heavy (non-hydrogen) atoms. The van der Waals surface area contributed by atoms with Crippen LogP contribution in [-0.2, 0) is 6.54 Å². The Labute approximate surface area is 201 Å². The fourth-order valence-electron chi connectivity index (χ4n) is 4.73. The second-order valence-electron chi connectivity index (χ2n) is 10.4. The molecule has 1 heterocycles. The number of aliphatic hydroxyl groups is 1. The third-order valence-corrected chi connectivity index (χ3v) is 7.30. The second-order valence-corrected chi connectivity index (χ2v) is 10.4. The van der Waals surface area contributed by atoms with Gasteiger partial charge in [-0.25, -0.2) is 0 Å². The van der Waals surface area contributed by atoms with Crippen molar-refractivity contribution in [3.05, 3.63) is 59.3 Å². The van der Waals surface area contributed by atoms with Crippen molar-refractivity contribution in [3.63, 3.8) is 0 Å². The first-order chi connectivity index (χ1) is 16.4. The van der Waals surface area contributed by atoms with Gasteiger partial charge in [0, 0.05) is 34.9 Å². The number of fused-ring (bicyclic) bond motifs is 1. The summed E-state index contributed by atoms with van der Waals surface area (Å²) in [5, 5.41) is 18.0. The molecular formula is C28H35N3O3. The molecule has 0 unspecified atom stereocenters. The summed E-state index contributed by atoms with van der Waals surface area (Å²) in [5.74, 6) is 1.39. The summed E-state index contributed by atoms with van der Waals surface area (Å²) in [5.41, 5.74) is 4.10. The van der Waals surface area contributed by atoms with Crippen LogP contribution in [0.1, 0.15) is 67.1 Å². The third-order valence-electron chi connectivity index (χ3n) is 7.30. The van der Waals surface area contributed by atoms with E-state index in [1.165, 1.54) is 12.8 Å². The molecule has 2 saturated carbocycles.